The molecule has 0 spiro atoms. The fourth-order valence-electron chi connectivity index (χ4n) is 1.45. The van der Waals surface area contributed by atoms with Crippen LogP contribution in [0, 0.1) is 6.92 Å². The van der Waals surface area contributed by atoms with Gasteiger partial charge in [-0.25, -0.2) is 4.79 Å². The van der Waals surface area contributed by atoms with Crippen molar-refractivity contribution in [3.05, 3.63) is 47.0 Å². The predicted octanol–water partition coefficient (Wildman–Crippen LogP) is 3.26. The Labute approximate surface area is 115 Å². The number of rotatable bonds is 5. The van der Waals surface area contributed by atoms with Crippen molar-refractivity contribution in [1.82, 2.24) is 0 Å². The van der Waals surface area contributed by atoms with Gasteiger partial charge >= 0.3 is 12.1 Å². The highest BCUT2D eigenvalue weighted by Gasteiger charge is 2.30. The SMILES string of the molecule is COC(=O)C=CCOCc1cc(C(F)(F)F)ccc1C. The number of carbonyl (C=O) groups is 1. The molecule has 0 aliphatic rings. The second kappa shape index (κ2) is 7.09. The average Bonchev–Trinajstić information content (AvgIpc) is 2.38. The molecule has 0 N–H and O–H groups in total. The molecule has 0 aliphatic heterocycles. The molecule has 0 radical (unpaired) electrons. The van der Waals surface area contributed by atoms with Gasteiger partial charge in [-0.3, -0.25) is 0 Å². The fraction of sp³-hybridized carbons (Fsp3) is 0.357. The summed E-state index contributed by atoms with van der Waals surface area (Å²) in [5.41, 5.74) is 0.480. The lowest BCUT2D eigenvalue weighted by molar-refractivity contribution is -0.137. The number of hydrogen-bond donors (Lipinski definition) is 0. The van der Waals surface area contributed by atoms with Gasteiger partial charge in [-0.05, 0) is 30.2 Å². The lowest BCUT2D eigenvalue weighted by Crippen LogP contribution is -2.07. The molecule has 6 heteroatoms. The molecular formula is C14H15F3O3. The Bertz CT molecular complexity index is 493. The maximum absolute atomic E-state index is 12.6. The quantitative estimate of drug-likeness (QED) is 0.474. The van der Waals surface area contributed by atoms with Gasteiger partial charge in [0.2, 0.25) is 0 Å². The first-order chi connectivity index (χ1) is 9.34. The largest absolute Gasteiger partial charge is 0.466 e. The van der Waals surface area contributed by atoms with Crippen molar-refractivity contribution in [3.63, 3.8) is 0 Å². The summed E-state index contributed by atoms with van der Waals surface area (Å²) in [7, 11) is 1.25. The van der Waals surface area contributed by atoms with Crippen molar-refractivity contribution >= 4 is 5.97 Å². The van der Waals surface area contributed by atoms with Gasteiger partial charge in [-0.2, -0.15) is 13.2 Å². The van der Waals surface area contributed by atoms with Crippen molar-refractivity contribution in [2.75, 3.05) is 13.7 Å². The summed E-state index contributed by atoms with van der Waals surface area (Å²) in [6, 6.07) is 3.52. The van der Waals surface area contributed by atoms with Gasteiger partial charge in [0.05, 0.1) is 25.9 Å². The number of ether oxygens (including phenoxy) is 2. The first-order valence-electron chi connectivity index (χ1n) is 5.83. The van der Waals surface area contributed by atoms with Crippen LogP contribution in [-0.4, -0.2) is 19.7 Å². The van der Waals surface area contributed by atoms with Crippen LogP contribution in [0.2, 0.25) is 0 Å². The highest BCUT2D eigenvalue weighted by molar-refractivity contribution is 5.81. The molecule has 0 amide bonds. The lowest BCUT2D eigenvalue weighted by Gasteiger charge is -2.11. The summed E-state index contributed by atoms with van der Waals surface area (Å²) in [5, 5.41) is 0. The minimum atomic E-state index is -4.37. The predicted molar refractivity (Wildman–Crippen MR) is 67.0 cm³/mol. The maximum Gasteiger partial charge on any atom is 0.416 e. The summed E-state index contributed by atoms with van der Waals surface area (Å²) in [6.07, 6.45) is -1.74. The van der Waals surface area contributed by atoms with Crippen LogP contribution < -0.4 is 0 Å². The minimum absolute atomic E-state index is 0.0429. The first kappa shape index (κ1) is 16.2. The van der Waals surface area contributed by atoms with Crippen molar-refractivity contribution in [2.45, 2.75) is 19.7 Å². The van der Waals surface area contributed by atoms with E-state index in [-0.39, 0.29) is 13.2 Å². The Morgan fingerprint density at radius 3 is 2.65 bits per heavy atom. The third-order valence-electron chi connectivity index (χ3n) is 2.60. The van der Waals surface area contributed by atoms with E-state index in [2.05, 4.69) is 4.74 Å². The Morgan fingerprint density at radius 1 is 1.35 bits per heavy atom. The monoisotopic (exact) mass is 288 g/mol. The van der Waals surface area contributed by atoms with Crippen LogP contribution in [-0.2, 0) is 27.1 Å². The highest BCUT2D eigenvalue weighted by Crippen LogP contribution is 2.30. The molecule has 0 saturated heterocycles. The topological polar surface area (TPSA) is 35.5 Å². The Kier molecular flexibility index (Phi) is 5.76. The molecule has 0 aromatic heterocycles. The molecule has 0 aliphatic carbocycles. The van der Waals surface area contributed by atoms with E-state index in [1.54, 1.807) is 6.92 Å². The number of benzene rings is 1. The normalized spacial score (nSPS) is 11.8. The Hall–Kier alpha value is -1.82. The van der Waals surface area contributed by atoms with Crippen molar-refractivity contribution < 1.29 is 27.4 Å². The summed E-state index contributed by atoms with van der Waals surface area (Å²) in [5.74, 6) is -0.510. The number of hydrogen-bond acceptors (Lipinski definition) is 3. The van der Waals surface area contributed by atoms with E-state index < -0.39 is 17.7 Å². The van der Waals surface area contributed by atoms with Gasteiger partial charge in [0.15, 0.2) is 0 Å². The molecule has 0 bridgehead atoms. The summed E-state index contributed by atoms with van der Waals surface area (Å²) in [4.78, 5) is 10.8. The smallest absolute Gasteiger partial charge is 0.416 e. The zero-order valence-electron chi connectivity index (χ0n) is 11.2. The van der Waals surface area contributed by atoms with E-state index in [1.807, 2.05) is 0 Å². The van der Waals surface area contributed by atoms with Gasteiger partial charge in [-0.15, -0.1) is 0 Å². The number of aryl methyl sites for hydroxylation is 1. The van der Waals surface area contributed by atoms with Crippen LogP contribution >= 0.6 is 0 Å². The standard InChI is InChI=1S/C14H15F3O3/c1-10-5-6-12(14(15,16)17)8-11(10)9-20-7-3-4-13(18)19-2/h3-6,8H,7,9H2,1-2H3. The molecule has 1 aromatic rings. The lowest BCUT2D eigenvalue weighted by atomic mass is 10.1. The van der Waals surface area contributed by atoms with Crippen LogP contribution in [0.25, 0.3) is 0 Å². The fourth-order valence-corrected chi connectivity index (χ4v) is 1.45. The van der Waals surface area contributed by atoms with E-state index in [9.17, 15) is 18.0 Å². The second-order valence-corrected chi connectivity index (χ2v) is 4.08. The number of halogens is 3. The van der Waals surface area contributed by atoms with Crippen molar-refractivity contribution in [3.8, 4) is 0 Å². The Morgan fingerprint density at radius 2 is 2.05 bits per heavy atom. The van der Waals surface area contributed by atoms with Crippen LogP contribution in [0.4, 0.5) is 13.2 Å². The van der Waals surface area contributed by atoms with Gasteiger partial charge in [-0.1, -0.05) is 12.1 Å². The molecule has 3 nitrogen and oxygen atoms in total. The summed E-state index contributed by atoms with van der Waals surface area (Å²) in [6.45, 7) is 1.87. The van der Waals surface area contributed by atoms with Crippen LogP contribution in [0.3, 0.4) is 0 Å². The van der Waals surface area contributed by atoms with E-state index in [0.717, 1.165) is 17.7 Å². The highest BCUT2D eigenvalue weighted by atomic mass is 19.4. The second-order valence-electron chi connectivity index (χ2n) is 4.08. The molecule has 0 fully saturated rings. The van der Waals surface area contributed by atoms with Gasteiger partial charge < -0.3 is 9.47 Å². The van der Waals surface area contributed by atoms with Crippen LogP contribution in [0.1, 0.15) is 16.7 Å². The number of carbonyl (C=O) groups excluding carboxylic acids is 1. The molecule has 0 unspecified atom stereocenters. The van der Waals surface area contributed by atoms with Crippen molar-refractivity contribution in [2.24, 2.45) is 0 Å². The molecule has 1 rings (SSSR count). The number of methoxy groups -OCH3 is 1. The average molecular weight is 288 g/mol. The minimum Gasteiger partial charge on any atom is -0.466 e. The molecule has 0 saturated carbocycles. The van der Waals surface area contributed by atoms with E-state index in [4.69, 9.17) is 4.74 Å². The van der Waals surface area contributed by atoms with E-state index in [1.165, 1.54) is 25.3 Å². The number of esters is 1. The third-order valence-corrected chi connectivity index (χ3v) is 2.60. The molecule has 0 atom stereocenters. The third kappa shape index (κ3) is 5.05. The Balaban J connectivity index is 2.60. The molecule has 110 valence electrons. The molecule has 0 heterocycles. The van der Waals surface area contributed by atoms with E-state index >= 15 is 0 Å². The van der Waals surface area contributed by atoms with Crippen LogP contribution in [0.5, 0.6) is 0 Å². The molecule has 1 aromatic carbocycles. The zero-order valence-corrected chi connectivity index (χ0v) is 11.2. The van der Waals surface area contributed by atoms with Crippen LogP contribution in [0.15, 0.2) is 30.4 Å². The molecular weight excluding hydrogens is 273 g/mol. The molecule has 20 heavy (non-hydrogen) atoms. The van der Waals surface area contributed by atoms with Gasteiger partial charge in [0.25, 0.3) is 0 Å². The van der Waals surface area contributed by atoms with Crippen molar-refractivity contribution in [1.29, 1.82) is 0 Å². The number of alkyl halides is 3. The summed E-state index contributed by atoms with van der Waals surface area (Å²) < 4.78 is 47.3. The maximum atomic E-state index is 12.6. The zero-order chi connectivity index (χ0) is 15.2. The van der Waals surface area contributed by atoms with E-state index in [0.29, 0.717) is 5.56 Å². The van der Waals surface area contributed by atoms with Gasteiger partial charge in [0, 0.05) is 6.08 Å². The first-order valence-corrected chi connectivity index (χ1v) is 5.83. The summed E-state index contributed by atoms with van der Waals surface area (Å²) >= 11 is 0. The van der Waals surface area contributed by atoms with Gasteiger partial charge in [0.1, 0.15) is 0 Å².